The van der Waals surface area contributed by atoms with E-state index in [0.717, 1.165) is 67.0 Å². The second-order valence-electron chi connectivity index (χ2n) is 9.85. The van der Waals surface area contributed by atoms with E-state index in [0.29, 0.717) is 0 Å². The van der Waals surface area contributed by atoms with Crippen LogP contribution in [0.3, 0.4) is 0 Å². The highest BCUT2D eigenvalue weighted by molar-refractivity contribution is 5.83. The third kappa shape index (κ3) is 5.29. The van der Waals surface area contributed by atoms with Gasteiger partial charge in [0.2, 0.25) is 0 Å². The number of pyridine rings is 4. The molecule has 0 saturated carbocycles. The number of nitrogens with zero attached hydrogens (tertiary/aromatic N) is 6. The van der Waals surface area contributed by atoms with Crippen LogP contribution in [0.4, 0.5) is 0 Å². The zero-order valence-electron chi connectivity index (χ0n) is 22.5. The molecule has 0 bridgehead atoms. The standard InChI is InChI=1S/C36H24N6/c1-5-25(20-37-9-1)29-13-30(26-6-2-10-38-21-26)16-33(15-29)35-19-36(42-24-41-35)34-17-31(27-7-3-11-39-22-27)14-32(18-34)28-8-4-12-40-23-28/h1-24H. The molecule has 0 N–H and O–H groups in total. The van der Waals surface area contributed by atoms with Crippen molar-refractivity contribution in [2.24, 2.45) is 0 Å². The molecule has 0 saturated heterocycles. The molecule has 198 valence electrons. The molecule has 0 atom stereocenters. The predicted octanol–water partition coefficient (Wildman–Crippen LogP) is 8.06. The molecular formula is C36H24N6. The van der Waals surface area contributed by atoms with Crippen LogP contribution in [-0.2, 0) is 0 Å². The first-order valence-electron chi connectivity index (χ1n) is 13.5. The van der Waals surface area contributed by atoms with E-state index in [-0.39, 0.29) is 0 Å². The molecular weight excluding hydrogens is 516 g/mol. The molecule has 7 aromatic rings. The third-order valence-corrected chi connectivity index (χ3v) is 7.10. The monoisotopic (exact) mass is 540 g/mol. The van der Waals surface area contributed by atoms with E-state index < -0.39 is 0 Å². The fourth-order valence-corrected chi connectivity index (χ4v) is 5.02. The highest BCUT2D eigenvalue weighted by Crippen LogP contribution is 2.35. The summed E-state index contributed by atoms with van der Waals surface area (Å²) in [5.74, 6) is 0. The van der Waals surface area contributed by atoms with Crippen molar-refractivity contribution in [2.75, 3.05) is 0 Å². The van der Waals surface area contributed by atoms with Crippen LogP contribution in [0.1, 0.15) is 0 Å². The maximum absolute atomic E-state index is 4.70. The quantitative estimate of drug-likeness (QED) is 0.212. The van der Waals surface area contributed by atoms with Crippen LogP contribution in [0.15, 0.2) is 147 Å². The molecule has 0 aliphatic carbocycles. The number of benzene rings is 2. The fourth-order valence-electron chi connectivity index (χ4n) is 5.02. The maximum atomic E-state index is 4.70. The summed E-state index contributed by atoms with van der Waals surface area (Å²) < 4.78 is 0. The van der Waals surface area contributed by atoms with Crippen LogP contribution in [-0.4, -0.2) is 29.9 Å². The van der Waals surface area contributed by atoms with Gasteiger partial charge in [-0.25, -0.2) is 9.97 Å². The SMILES string of the molecule is c1cncc(-c2cc(-c3cccnc3)cc(-c3cc(-c4cc(-c5cccnc5)cc(-c5cccnc5)c4)ncn3)c2)c1. The number of hydrogen-bond acceptors (Lipinski definition) is 6. The van der Waals surface area contributed by atoms with Crippen LogP contribution in [0.25, 0.3) is 67.0 Å². The van der Waals surface area contributed by atoms with E-state index in [2.05, 4.69) is 80.6 Å². The summed E-state index contributed by atoms with van der Waals surface area (Å²) in [5.41, 5.74) is 11.9. The minimum atomic E-state index is 0.825. The molecule has 42 heavy (non-hydrogen) atoms. The minimum Gasteiger partial charge on any atom is -0.264 e. The normalized spacial score (nSPS) is 10.9. The van der Waals surface area contributed by atoms with Crippen molar-refractivity contribution in [3.63, 3.8) is 0 Å². The van der Waals surface area contributed by atoms with Gasteiger partial charge in [0.15, 0.2) is 0 Å². The largest absolute Gasteiger partial charge is 0.264 e. The molecule has 5 heterocycles. The van der Waals surface area contributed by atoms with Gasteiger partial charge in [-0.15, -0.1) is 0 Å². The number of aromatic nitrogens is 6. The Labute approximate surface area is 243 Å². The highest BCUT2D eigenvalue weighted by atomic mass is 14.8. The van der Waals surface area contributed by atoms with Gasteiger partial charge in [0.1, 0.15) is 6.33 Å². The van der Waals surface area contributed by atoms with Crippen molar-refractivity contribution in [1.82, 2.24) is 29.9 Å². The lowest BCUT2D eigenvalue weighted by atomic mass is 9.94. The summed E-state index contributed by atoms with van der Waals surface area (Å²) in [6.07, 6.45) is 16.3. The summed E-state index contributed by atoms with van der Waals surface area (Å²) in [4.78, 5) is 26.8. The number of hydrogen-bond donors (Lipinski definition) is 0. The summed E-state index contributed by atoms with van der Waals surface area (Å²) in [5, 5.41) is 0. The summed E-state index contributed by atoms with van der Waals surface area (Å²) in [6, 6.07) is 31.0. The number of rotatable bonds is 6. The van der Waals surface area contributed by atoms with Gasteiger partial charge in [-0.3, -0.25) is 19.9 Å². The Morgan fingerprint density at radius 1 is 0.310 bits per heavy atom. The van der Waals surface area contributed by atoms with Crippen LogP contribution < -0.4 is 0 Å². The molecule has 0 aliphatic rings. The zero-order valence-corrected chi connectivity index (χ0v) is 22.5. The van der Waals surface area contributed by atoms with E-state index in [1.165, 1.54) is 0 Å². The van der Waals surface area contributed by atoms with Crippen molar-refractivity contribution < 1.29 is 0 Å². The van der Waals surface area contributed by atoms with Crippen LogP contribution >= 0.6 is 0 Å². The van der Waals surface area contributed by atoms with Gasteiger partial charge in [0, 0.05) is 83.0 Å². The second-order valence-corrected chi connectivity index (χ2v) is 9.85. The highest BCUT2D eigenvalue weighted by Gasteiger charge is 2.13. The van der Waals surface area contributed by atoms with Gasteiger partial charge in [0.05, 0.1) is 11.4 Å². The molecule has 0 fully saturated rings. The molecule has 7 rings (SSSR count). The second kappa shape index (κ2) is 11.3. The topological polar surface area (TPSA) is 77.3 Å². The first-order chi connectivity index (χ1) is 20.8. The third-order valence-electron chi connectivity index (χ3n) is 7.10. The van der Waals surface area contributed by atoms with E-state index in [1.807, 2.05) is 55.1 Å². The molecule has 6 heteroatoms. The zero-order chi connectivity index (χ0) is 28.1. The Hall–Kier alpha value is -5.88. The van der Waals surface area contributed by atoms with E-state index in [1.54, 1.807) is 31.1 Å². The lowest BCUT2D eigenvalue weighted by Crippen LogP contribution is -1.93. The lowest BCUT2D eigenvalue weighted by Gasteiger charge is -2.12. The van der Waals surface area contributed by atoms with Gasteiger partial charge in [-0.2, -0.15) is 0 Å². The average Bonchev–Trinajstić information content (AvgIpc) is 3.09. The van der Waals surface area contributed by atoms with E-state index in [9.17, 15) is 0 Å². The molecule has 0 unspecified atom stereocenters. The molecule has 6 nitrogen and oxygen atoms in total. The summed E-state index contributed by atoms with van der Waals surface area (Å²) >= 11 is 0. The Balaban J connectivity index is 1.37. The maximum Gasteiger partial charge on any atom is 0.116 e. The molecule has 0 amide bonds. The van der Waals surface area contributed by atoms with Crippen molar-refractivity contribution in [3.8, 4) is 67.0 Å². The van der Waals surface area contributed by atoms with Gasteiger partial charge < -0.3 is 0 Å². The van der Waals surface area contributed by atoms with Crippen LogP contribution in [0.5, 0.6) is 0 Å². The molecule has 0 aliphatic heterocycles. The Morgan fingerprint density at radius 2 is 0.619 bits per heavy atom. The predicted molar refractivity (Wildman–Crippen MR) is 166 cm³/mol. The van der Waals surface area contributed by atoms with Crippen LogP contribution in [0.2, 0.25) is 0 Å². The van der Waals surface area contributed by atoms with Gasteiger partial charge >= 0.3 is 0 Å². The van der Waals surface area contributed by atoms with Crippen molar-refractivity contribution in [3.05, 3.63) is 147 Å². The minimum absolute atomic E-state index is 0.825. The molecule has 0 radical (unpaired) electrons. The Kier molecular flexibility index (Phi) is 6.76. The molecule has 5 aromatic heterocycles. The molecule has 0 spiro atoms. The van der Waals surface area contributed by atoms with Crippen LogP contribution in [0, 0.1) is 0 Å². The van der Waals surface area contributed by atoms with Gasteiger partial charge in [-0.05, 0) is 89.0 Å². The Bertz CT molecular complexity index is 1710. The van der Waals surface area contributed by atoms with Crippen molar-refractivity contribution in [1.29, 1.82) is 0 Å². The van der Waals surface area contributed by atoms with E-state index >= 15 is 0 Å². The first kappa shape index (κ1) is 25.1. The van der Waals surface area contributed by atoms with E-state index in [4.69, 9.17) is 9.97 Å². The van der Waals surface area contributed by atoms with Crippen molar-refractivity contribution >= 4 is 0 Å². The summed E-state index contributed by atoms with van der Waals surface area (Å²) in [7, 11) is 0. The van der Waals surface area contributed by atoms with Crippen molar-refractivity contribution in [2.45, 2.75) is 0 Å². The first-order valence-corrected chi connectivity index (χ1v) is 13.5. The van der Waals surface area contributed by atoms with Gasteiger partial charge in [-0.1, -0.05) is 24.3 Å². The smallest absolute Gasteiger partial charge is 0.116 e. The average molecular weight is 541 g/mol. The summed E-state index contributed by atoms with van der Waals surface area (Å²) in [6.45, 7) is 0. The Morgan fingerprint density at radius 3 is 0.905 bits per heavy atom. The lowest BCUT2D eigenvalue weighted by molar-refractivity contribution is 1.18. The fraction of sp³-hybridized carbons (Fsp3) is 0. The molecule has 2 aromatic carbocycles. The van der Waals surface area contributed by atoms with Gasteiger partial charge in [0.25, 0.3) is 0 Å².